The highest BCUT2D eigenvalue weighted by molar-refractivity contribution is 7.89. The number of carbonyl (C=O) groups is 1. The first-order valence-corrected chi connectivity index (χ1v) is 8.18. The lowest BCUT2D eigenvalue weighted by Gasteiger charge is -2.19. The number of benzene rings is 1. The summed E-state index contributed by atoms with van der Waals surface area (Å²) in [6.07, 6.45) is 2.09. The van der Waals surface area contributed by atoms with Gasteiger partial charge in [0.25, 0.3) is 5.91 Å². The maximum atomic E-state index is 12.1. The molecule has 0 spiro atoms. The number of phenolic OH excluding ortho intramolecular Hbond substituents is 1. The normalized spacial score (nSPS) is 19.6. The SMILES string of the molecule is CN1CCCC1CNC(=O)c1cc(S(N)(=O)=O)ccc1O. The minimum Gasteiger partial charge on any atom is -0.507 e. The molecular weight excluding hydrogens is 294 g/mol. The Labute approximate surface area is 123 Å². The van der Waals surface area contributed by atoms with Crippen LogP contribution in [-0.4, -0.2) is 50.5 Å². The molecule has 1 saturated heterocycles. The van der Waals surface area contributed by atoms with Crippen molar-refractivity contribution in [2.75, 3.05) is 20.1 Å². The van der Waals surface area contributed by atoms with Crippen molar-refractivity contribution >= 4 is 15.9 Å². The Balaban J connectivity index is 2.11. The molecule has 0 bridgehead atoms. The van der Waals surface area contributed by atoms with Gasteiger partial charge < -0.3 is 15.3 Å². The summed E-state index contributed by atoms with van der Waals surface area (Å²) in [4.78, 5) is 14.0. The van der Waals surface area contributed by atoms with Crippen LogP contribution in [0.25, 0.3) is 0 Å². The number of likely N-dealkylation sites (N-methyl/N-ethyl adjacent to an activating group) is 1. The molecule has 4 N–H and O–H groups in total. The van der Waals surface area contributed by atoms with Gasteiger partial charge in [-0.05, 0) is 44.6 Å². The highest BCUT2D eigenvalue weighted by Crippen LogP contribution is 2.21. The lowest BCUT2D eigenvalue weighted by atomic mass is 10.1. The van der Waals surface area contributed by atoms with Gasteiger partial charge in [-0.15, -0.1) is 0 Å². The second kappa shape index (κ2) is 6.00. The molecule has 8 heteroatoms. The molecule has 0 aliphatic carbocycles. The monoisotopic (exact) mass is 313 g/mol. The Morgan fingerprint density at radius 2 is 2.24 bits per heavy atom. The summed E-state index contributed by atoms with van der Waals surface area (Å²) in [7, 11) is -1.93. The molecule has 21 heavy (non-hydrogen) atoms. The van der Waals surface area contributed by atoms with Crippen LogP contribution >= 0.6 is 0 Å². The summed E-state index contributed by atoms with van der Waals surface area (Å²) in [6.45, 7) is 1.45. The molecule has 116 valence electrons. The average molecular weight is 313 g/mol. The quantitative estimate of drug-likeness (QED) is 0.716. The van der Waals surface area contributed by atoms with Crippen molar-refractivity contribution < 1.29 is 18.3 Å². The topological polar surface area (TPSA) is 113 Å². The van der Waals surface area contributed by atoms with Gasteiger partial charge in [-0.1, -0.05) is 0 Å². The highest BCUT2D eigenvalue weighted by Gasteiger charge is 2.22. The first-order chi connectivity index (χ1) is 9.79. The molecule has 0 radical (unpaired) electrons. The van der Waals surface area contributed by atoms with Crippen molar-refractivity contribution in [3.63, 3.8) is 0 Å². The summed E-state index contributed by atoms with van der Waals surface area (Å²) < 4.78 is 22.6. The minimum atomic E-state index is -3.91. The number of primary sulfonamides is 1. The molecule has 1 atom stereocenters. The van der Waals surface area contributed by atoms with Crippen LogP contribution in [0.1, 0.15) is 23.2 Å². The van der Waals surface area contributed by atoms with Crippen LogP contribution in [0.4, 0.5) is 0 Å². The number of nitrogens with one attached hydrogen (secondary N) is 1. The van der Waals surface area contributed by atoms with Gasteiger partial charge in [-0.2, -0.15) is 0 Å². The lowest BCUT2D eigenvalue weighted by molar-refractivity contribution is 0.0940. The predicted molar refractivity (Wildman–Crippen MR) is 77.5 cm³/mol. The zero-order valence-electron chi connectivity index (χ0n) is 11.7. The Hall–Kier alpha value is -1.64. The second-order valence-corrected chi connectivity index (χ2v) is 6.77. The largest absolute Gasteiger partial charge is 0.507 e. The zero-order chi connectivity index (χ0) is 15.6. The van der Waals surface area contributed by atoms with E-state index in [0.29, 0.717) is 6.54 Å². The molecule has 1 aromatic carbocycles. The first-order valence-electron chi connectivity index (χ1n) is 6.63. The third kappa shape index (κ3) is 3.72. The molecule has 1 fully saturated rings. The van der Waals surface area contributed by atoms with Crippen molar-refractivity contribution in [3.05, 3.63) is 23.8 Å². The van der Waals surface area contributed by atoms with E-state index in [2.05, 4.69) is 10.2 Å². The van der Waals surface area contributed by atoms with Gasteiger partial charge in [0.15, 0.2) is 0 Å². The number of phenols is 1. The minimum absolute atomic E-state index is 0.0952. The first kappa shape index (κ1) is 15.7. The standard InChI is InChI=1S/C13H19N3O4S/c1-16-6-2-3-9(16)8-15-13(18)11-7-10(21(14,19)20)4-5-12(11)17/h4-5,7,9,17H,2-3,6,8H2,1H3,(H,15,18)(H2,14,19,20). The van der Waals surface area contributed by atoms with Crippen LogP contribution in [0, 0.1) is 0 Å². The summed E-state index contributed by atoms with van der Waals surface area (Å²) in [5, 5.41) is 17.4. The van der Waals surface area contributed by atoms with Crippen LogP contribution in [-0.2, 0) is 10.0 Å². The number of rotatable bonds is 4. The van der Waals surface area contributed by atoms with Gasteiger partial charge in [0.2, 0.25) is 10.0 Å². The van der Waals surface area contributed by atoms with Crippen LogP contribution in [0.5, 0.6) is 5.75 Å². The third-order valence-electron chi connectivity index (χ3n) is 3.71. The molecule has 7 nitrogen and oxygen atoms in total. The number of nitrogens with zero attached hydrogens (tertiary/aromatic N) is 1. The number of sulfonamides is 1. The molecule has 1 aromatic rings. The molecule has 1 aliphatic rings. The van der Waals surface area contributed by atoms with Gasteiger partial charge in [-0.25, -0.2) is 13.6 Å². The Kier molecular flexibility index (Phi) is 4.50. The van der Waals surface area contributed by atoms with E-state index in [0.717, 1.165) is 37.6 Å². The summed E-state index contributed by atoms with van der Waals surface area (Å²) in [6, 6.07) is 3.65. The van der Waals surface area contributed by atoms with Crippen LogP contribution in [0.3, 0.4) is 0 Å². The number of hydrogen-bond donors (Lipinski definition) is 3. The third-order valence-corrected chi connectivity index (χ3v) is 4.62. The number of carbonyl (C=O) groups excluding carboxylic acids is 1. The predicted octanol–water partition coefficient (Wildman–Crippen LogP) is -0.136. The fraction of sp³-hybridized carbons (Fsp3) is 0.462. The van der Waals surface area contributed by atoms with Crippen molar-refractivity contribution in [2.45, 2.75) is 23.8 Å². The van der Waals surface area contributed by atoms with Crippen LogP contribution < -0.4 is 10.5 Å². The van der Waals surface area contributed by atoms with Gasteiger partial charge >= 0.3 is 0 Å². The number of nitrogens with two attached hydrogens (primary N) is 1. The summed E-state index contributed by atoms with van der Waals surface area (Å²) in [5.41, 5.74) is -0.0952. The van der Waals surface area contributed by atoms with E-state index in [9.17, 15) is 18.3 Å². The van der Waals surface area contributed by atoms with E-state index in [1.54, 1.807) is 0 Å². The van der Waals surface area contributed by atoms with E-state index in [1.165, 1.54) is 0 Å². The molecule has 1 amide bonds. The fourth-order valence-electron chi connectivity index (χ4n) is 2.42. The van der Waals surface area contributed by atoms with Crippen molar-refractivity contribution in [1.82, 2.24) is 10.2 Å². The second-order valence-electron chi connectivity index (χ2n) is 5.21. The maximum Gasteiger partial charge on any atom is 0.255 e. The zero-order valence-corrected chi connectivity index (χ0v) is 12.6. The molecule has 1 unspecified atom stereocenters. The summed E-state index contributed by atoms with van der Waals surface area (Å²) in [5.74, 6) is -0.794. The van der Waals surface area contributed by atoms with Crippen molar-refractivity contribution in [3.8, 4) is 5.75 Å². The van der Waals surface area contributed by atoms with E-state index >= 15 is 0 Å². The van der Waals surface area contributed by atoms with Gasteiger partial charge in [-0.3, -0.25) is 4.79 Å². The Morgan fingerprint density at radius 1 is 1.52 bits per heavy atom. The number of hydrogen-bond acceptors (Lipinski definition) is 5. The fourth-order valence-corrected chi connectivity index (χ4v) is 2.96. The molecule has 0 aromatic heterocycles. The molecule has 2 rings (SSSR count). The van der Waals surface area contributed by atoms with Crippen molar-refractivity contribution in [2.24, 2.45) is 5.14 Å². The maximum absolute atomic E-state index is 12.1. The van der Waals surface area contributed by atoms with Crippen LogP contribution in [0.15, 0.2) is 23.1 Å². The smallest absolute Gasteiger partial charge is 0.255 e. The lowest BCUT2D eigenvalue weighted by Crippen LogP contribution is -2.38. The number of amides is 1. The average Bonchev–Trinajstić information content (AvgIpc) is 2.80. The van der Waals surface area contributed by atoms with E-state index in [-0.39, 0.29) is 22.3 Å². The molecule has 0 saturated carbocycles. The van der Waals surface area contributed by atoms with Crippen LogP contribution in [0.2, 0.25) is 0 Å². The molecule has 1 aliphatic heterocycles. The molecular formula is C13H19N3O4S. The van der Waals surface area contributed by atoms with Gasteiger partial charge in [0.05, 0.1) is 10.5 Å². The van der Waals surface area contributed by atoms with E-state index < -0.39 is 15.9 Å². The Morgan fingerprint density at radius 3 is 2.81 bits per heavy atom. The van der Waals surface area contributed by atoms with Gasteiger partial charge in [0, 0.05) is 12.6 Å². The van der Waals surface area contributed by atoms with E-state index in [1.807, 2.05) is 7.05 Å². The number of likely N-dealkylation sites (tertiary alicyclic amines) is 1. The van der Waals surface area contributed by atoms with Crippen molar-refractivity contribution in [1.29, 1.82) is 0 Å². The van der Waals surface area contributed by atoms with Gasteiger partial charge in [0.1, 0.15) is 5.75 Å². The number of aromatic hydroxyl groups is 1. The Bertz CT molecular complexity index is 645. The van der Waals surface area contributed by atoms with E-state index in [4.69, 9.17) is 5.14 Å². The summed E-state index contributed by atoms with van der Waals surface area (Å²) >= 11 is 0. The molecule has 1 heterocycles. The highest BCUT2D eigenvalue weighted by atomic mass is 32.2.